The smallest absolute Gasteiger partial charge is 0.110 e. The molecule has 2 heterocycles. The predicted molar refractivity (Wildman–Crippen MR) is 80.5 cm³/mol. The molecule has 102 valence electrons. The summed E-state index contributed by atoms with van der Waals surface area (Å²) in [5.41, 5.74) is 9.30. The molecule has 0 aliphatic rings. The molecule has 0 saturated heterocycles. The molecular formula is C16H18N4. The summed E-state index contributed by atoms with van der Waals surface area (Å²) in [5, 5.41) is 0. The largest absolute Gasteiger partial charge is 0.328 e. The summed E-state index contributed by atoms with van der Waals surface area (Å²) in [5.74, 6) is 1.06. The van der Waals surface area contributed by atoms with Crippen LogP contribution in [0.15, 0.2) is 48.8 Å². The number of fused-ring (bicyclic) bond motifs is 1. The molecule has 2 aromatic heterocycles. The molecule has 1 atom stereocenters. The number of imidazole rings is 1. The van der Waals surface area contributed by atoms with Gasteiger partial charge in [0.05, 0.1) is 17.1 Å². The van der Waals surface area contributed by atoms with Crippen LogP contribution in [0.3, 0.4) is 0 Å². The molecule has 20 heavy (non-hydrogen) atoms. The highest BCUT2D eigenvalue weighted by atomic mass is 15.1. The molecule has 0 amide bonds. The first-order valence-corrected chi connectivity index (χ1v) is 6.91. The zero-order valence-corrected chi connectivity index (χ0v) is 11.5. The number of hydrogen-bond acceptors (Lipinski definition) is 3. The van der Waals surface area contributed by atoms with Gasteiger partial charge in [0, 0.05) is 25.4 Å². The van der Waals surface area contributed by atoms with Crippen LogP contribution in [0.25, 0.3) is 11.0 Å². The van der Waals surface area contributed by atoms with Crippen molar-refractivity contribution in [2.75, 3.05) is 6.54 Å². The number of nitrogens with two attached hydrogens (primary N) is 1. The van der Waals surface area contributed by atoms with Gasteiger partial charge in [0.25, 0.3) is 0 Å². The van der Waals surface area contributed by atoms with Gasteiger partial charge >= 0.3 is 0 Å². The quantitative estimate of drug-likeness (QED) is 0.789. The van der Waals surface area contributed by atoms with Crippen molar-refractivity contribution in [2.24, 2.45) is 5.73 Å². The van der Waals surface area contributed by atoms with E-state index in [1.807, 2.05) is 30.5 Å². The van der Waals surface area contributed by atoms with Crippen molar-refractivity contribution >= 4 is 11.0 Å². The van der Waals surface area contributed by atoms with Crippen LogP contribution in [0.1, 0.15) is 24.4 Å². The Labute approximate surface area is 118 Å². The summed E-state index contributed by atoms with van der Waals surface area (Å²) in [4.78, 5) is 8.92. The highest BCUT2D eigenvalue weighted by Crippen LogP contribution is 2.25. The van der Waals surface area contributed by atoms with E-state index in [2.05, 4.69) is 28.6 Å². The molecule has 0 bridgehead atoms. The average Bonchev–Trinajstić information content (AvgIpc) is 2.88. The van der Waals surface area contributed by atoms with Crippen LogP contribution in [-0.4, -0.2) is 21.1 Å². The molecule has 4 heteroatoms. The standard InChI is InChI=1S/C16H18N4/c1-2-16-19-13-7-3-4-8-14(13)20(16)15(10-17)12-6-5-9-18-11-12/h3-9,11,15H,2,10,17H2,1H3. The zero-order chi connectivity index (χ0) is 13.9. The maximum Gasteiger partial charge on any atom is 0.110 e. The molecule has 1 unspecified atom stereocenters. The third-order valence-corrected chi connectivity index (χ3v) is 3.59. The molecule has 0 aliphatic heterocycles. The fourth-order valence-corrected chi connectivity index (χ4v) is 2.66. The molecule has 0 saturated carbocycles. The Kier molecular flexibility index (Phi) is 3.48. The second kappa shape index (κ2) is 5.43. The number of hydrogen-bond donors (Lipinski definition) is 1. The Hall–Kier alpha value is -2.20. The first-order chi connectivity index (χ1) is 9.85. The van der Waals surface area contributed by atoms with E-state index in [0.717, 1.165) is 28.8 Å². The van der Waals surface area contributed by atoms with E-state index < -0.39 is 0 Å². The molecule has 4 nitrogen and oxygen atoms in total. The topological polar surface area (TPSA) is 56.7 Å². The first kappa shape index (κ1) is 12.8. The summed E-state index contributed by atoms with van der Waals surface area (Å²) in [6.07, 6.45) is 4.54. The van der Waals surface area contributed by atoms with Crippen molar-refractivity contribution in [2.45, 2.75) is 19.4 Å². The Bertz CT molecular complexity index is 703. The third kappa shape index (κ3) is 2.08. The fourth-order valence-electron chi connectivity index (χ4n) is 2.66. The van der Waals surface area contributed by atoms with E-state index in [1.54, 1.807) is 6.20 Å². The van der Waals surface area contributed by atoms with Crippen LogP contribution in [0.4, 0.5) is 0 Å². The van der Waals surface area contributed by atoms with E-state index in [-0.39, 0.29) is 6.04 Å². The monoisotopic (exact) mass is 266 g/mol. The van der Waals surface area contributed by atoms with E-state index in [0.29, 0.717) is 6.54 Å². The lowest BCUT2D eigenvalue weighted by Crippen LogP contribution is -2.22. The van der Waals surface area contributed by atoms with Crippen molar-refractivity contribution < 1.29 is 0 Å². The lowest BCUT2D eigenvalue weighted by Gasteiger charge is -2.20. The Morgan fingerprint density at radius 1 is 1.20 bits per heavy atom. The van der Waals surface area contributed by atoms with Gasteiger partial charge in [-0.1, -0.05) is 25.1 Å². The zero-order valence-electron chi connectivity index (χ0n) is 11.5. The Morgan fingerprint density at radius 3 is 2.75 bits per heavy atom. The van der Waals surface area contributed by atoms with Crippen LogP contribution in [-0.2, 0) is 6.42 Å². The van der Waals surface area contributed by atoms with E-state index in [4.69, 9.17) is 10.7 Å². The van der Waals surface area contributed by atoms with Gasteiger partial charge < -0.3 is 10.3 Å². The Balaban J connectivity index is 2.21. The van der Waals surface area contributed by atoms with E-state index >= 15 is 0 Å². The summed E-state index contributed by atoms with van der Waals surface area (Å²) in [6.45, 7) is 2.65. The summed E-state index contributed by atoms with van der Waals surface area (Å²) in [6, 6.07) is 12.3. The van der Waals surface area contributed by atoms with Gasteiger partial charge in [-0.25, -0.2) is 4.98 Å². The van der Waals surface area contributed by atoms with Crippen LogP contribution in [0.2, 0.25) is 0 Å². The van der Waals surface area contributed by atoms with Crippen molar-refractivity contribution in [3.05, 3.63) is 60.2 Å². The maximum atomic E-state index is 6.03. The summed E-state index contributed by atoms with van der Waals surface area (Å²) < 4.78 is 2.24. The van der Waals surface area contributed by atoms with E-state index in [9.17, 15) is 0 Å². The summed E-state index contributed by atoms with van der Waals surface area (Å²) >= 11 is 0. The van der Waals surface area contributed by atoms with Gasteiger partial charge in [-0.05, 0) is 23.8 Å². The molecule has 3 rings (SSSR count). The first-order valence-electron chi connectivity index (χ1n) is 6.91. The minimum absolute atomic E-state index is 0.0750. The predicted octanol–water partition coefficient (Wildman–Crippen LogP) is 2.54. The highest BCUT2D eigenvalue weighted by molar-refractivity contribution is 5.76. The molecule has 0 radical (unpaired) electrons. The molecule has 0 aliphatic carbocycles. The Morgan fingerprint density at radius 2 is 2.05 bits per heavy atom. The van der Waals surface area contributed by atoms with Gasteiger partial charge in [0.1, 0.15) is 5.82 Å². The average molecular weight is 266 g/mol. The van der Waals surface area contributed by atoms with Crippen molar-refractivity contribution in [3.63, 3.8) is 0 Å². The molecule has 0 fully saturated rings. The molecule has 3 aromatic rings. The highest BCUT2D eigenvalue weighted by Gasteiger charge is 2.18. The van der Waals surface area contributed by atoms with Gasteiger partial charge in [0.15, 0.2) is 0 Å². The van der Waals surface area contributed by atoms with Gasteiger partial charge in [-0.2, -0.15) is 0 Å². The van der Waals surface area contributed by atoms with E-state index in [1.165, 1.54) is 0 Å². The van der Waals surface area contributed by atoms with Crippen LogP contribution >= 0.6 is 0 Å². The molecular weight excluding hydrogens is 248 g/mol. The maximum absolute atomic E-state index is 6.03. The SMILES string of the molecule is CCc1nc2ccccc2n1C(CN)c1cccnc1. The van der Waals surface area contributed by atoms with Crippen LogP contribution in [0.5, 0.6) is 0 Å². The normalized spacial score (nSPS) is 12.7. The number of para-hydroxylation sites is 2. The summed E-state index contributed by atoms with van der Waals surface area (Å²) in [7, 11) is 0. The second-order valence-electron chi connectivity index (χ2n) is 4.78. The van der Waals surface area contributed by atoms with Gasteiger partial charge in [-0.3, -0.25) is 4.98 Å². The molecule has 0 spiro atoms. The van der Waals surface area contributed by atoms with Crippen LogP contribution in [0, 0.1) is 0 Å². The number of nitrogens with zero attached hydrogens (tertiary/aromatic N) is 3. The number of benzene rings is 1. The lowest BCUT2D eigenvalue weighted by atomic mass is 10.1. The second-order valence-corrected chi connectivity index (χ2v) is 4.78. The van der Waals surface area contributed by atoms with Crippen molar-refractivity contribution in [3.8, 4) is 0 Å². The number of pyridine rings is 1. The number of aryl methyl sites for hydroxylation is 1. The van der Waals surface area contributed by atoms with Gasteiger partial charge in [0.2, 0.25) is 0 Å². The number of rotatable bonds is 4. The number of aromatic nitrogens is 3. The minimum atomic E-state index is 0.0750. The molecule has 1 aromatic carbocycles. The molecule has 2 N–H and O–H groups in total. The fraction of sp³-hybridized carbons (Fsp3) is 0.250. The van der Waals surface area contributed by atoms with Gasteiger partial charge in [-0.15, -0.1) is 0 Å². The van der Waals surface area contributed by atoms with Crippen molar-refractivity contribution in [1.29, 1.82) is 0 Å². The van der Waals surface area contributed by atoms with Crippen molar-refractivity contribution in [1.82, 2.24) is 14.5 Å². The lowest BCUT2D eigenvalue weighted by molar-refractivity contribution is 0.582. The van der Waals surface area contributed by atoms with Crippen LogP contribution < -0.4 is 5.73 Å². The minimum Gasteiger partial charge on any atom is -0.328 e. The third-order valence-electron chi connectivity index (χ3n) is 3.59.